The fraction of sp³-hybridized carbons (Fsp3) is 0.364. The standard InChI is InChI=1S/C22H26Cl2N2O5/c1-5-25-22(28)14(2)26(12-18-19(23)7-6-8-20(18)24)21(27)13-31-17-10-15(29-3)9-16(11-17)30-4/h6-11,14H,5,12-13H2,1-4H3,(H,25,28)/t14-/m0/s1. The van der Waals surface area contributed by atoms with Crippen molar-refractivity contribution in [1.82, 2.24) is 10.2 Å². The highest BCUT2D eigenvalue weighted by atomic mass is 35.5. The van der Waals surface area contributed by atoms with Crippen molar-refractivity contribution in [1.29, 1.82) is 0 Å². The number of likely N-dealkylation sites (N-methyl/N-ethyl adjacent to an activating group) is 1. The molecule has 7 nitrogen and oxygen atoms in total. The molecular formula is C22H26Cl2N2O5. The monoisotopic (exact) mass is 468 g/mol. The zero-order valence-electron chi connectivity index (χ0n) is 17.9. The van der Waals surface area contributed by atoms with Gasteiger partial charge < -0.3 is 24.4 Å². The van der Waals surface area contributed by atoms with Crippen molar-refractivity contribution in [2.24, 2.45) is 0 Å². The van der Waals surface area contributed by atoms with E-state index in [-0.39, 0.29) is 19.1 Å². The number of rotatable bonds is 10. The smallest absolute Gasteiger partial charge is 0.261 e. The molecule has 1 N–H and O–H groups in total. The third kappa shape index (κ3) is 6.67. The lowest BCUT2D eigenvalue weighted by atomic mass is 10.1. The lowest BCUT2D eigenvalue weighted by Crippen LogP contribution is -2.49. The van der Waals surface area contributed by atoms with Crippen LogP contribution in [0.15, 0.2) is 36.4 Å². The van der Waals surface area contributed by atoms with Gasteiger partial charge in [0.25, 0.3) is 5.91 Å². The summed E-state index contributed by atoms with van der Waals surface area (Å²) < 4.78 is 16.1. The molecule has 2 amide bonds. The second kappa shape index (κ2) is 11.7. The first-order valence-electron chi connectivity index (χ1n) is 9.66. The van der Waals surface area contributed by atoms with E-state index in [0.29, 0.717) is 39.4 Å². The van der Waals surface area contributed by atoms with Crippen LogP contribution in [-0.2, 0) is 16.1 Å². The van der Waals surface area contributed by atoms with E-state index in [0.717, 1.165) is 0 Å². The normalized spacial score (nSPS) is 11.4. The van der Waals surface area contributed by atoms with Gasteiger partial charge in [-0.2, -0.15) is 0 Å². The minimum atomic E-state index is -0.761. The summed E-state index contributed by atoms with van der Waals surface area (Å²) in [6.45, 7) is 3.64. The molecule has 2 rings (SSSR count). The Morgan fingerprint density at radius 2 is 1.58 bits per heavy atom. The zero-order valence-corrected chi connectivity index (χ0v) is 19.4. The van der Waals surface area contributed by atoms with E-state index >= 15 is 0 Å². The molecule has 0 aliphatic rings. The maximum Gasteiger partial charge on any atom is 0.261 e. The van der Waals surface area contributed by atoms with Gasteiger partial charge in [-0.3, -0.25) is 9.59 Å². The molecule has 0 saturated carbocycles. The number of halogens is 2. The average Bonchev–Trinajstić information content (AvgIpc) is 2.76. The van der Waals surface area contributed by atoms with Gasteiger partial charge in [-0.15, -0.1) is 0 Å². The summed E-state index contributed by atoms with van der Waals surface area (Å²) in [4.78, 5) is 26.9. The number of methoxy groups -OCH3 is 2. The highest BCUT2D eigenvalue weighted by Gasteiger charge is 2.27. The Balaban J connectivity index is 2.24. The number of hydrogen-bond acceptors (Lipinski definition) is 5. The second-order valence-electron chi connectivity index (χ2n) is 6.63. The van der Waals surface area contributed by atoms with Gasteiger partial charge in [0.1, 0.15) is 23.3 Å². The largest absolute Gasteiger partial charge is 0.496 e. The number of ether oxygens (including phenoxy) is 3. The van der Waals surface area contributed by atoms with Gasteiger partial charge in [-0.05, 0) is 26.0 Å². The molecule has 0 bridgehead atoms. The molecule has 0 saturated heterocycles. The van der Waals surface area contributed by atoms with Crippen molar-refractivity contribution < 1.29 is 23.8 Å². The maximum absolute atomic E-state index is 13.1. The topological polar surface area (TPSA) is 77.1 Å². The molecule has 0 aromatic heterocycles. The van der Waals surface area contributed by atoms with Crippen LogP contribution in [0.25, 0.3) is 0 Å². The maximum atomic E-state index is 13.1. The lowest BCUT2D eigenvalue weighted by molar-refractivity contribution is -0.142. The second-order valence-corrected chi connectivity index (χ2v) is 7.44. The Morgan fingerprint density at radius 3 is 2.10 bits per heavy atom. The van der Waals surface area contributed by atoms with Gasteiger partial charge in [-0.25, -0.2) is 0 Å². The van der Waals surface area contributed by atoms with Crippen LogP contribution < -0.4 is 19.5 Å². The third-order valence-electron chi connectivity index (χ3n) is 4.60. The van der Waals surface area contributed by atoms with Crippen molar-refractivity contribution in [3.63, 3.8) is 0 Å². The minimum absolute atomic E-state index is 0.0560. The summed E-state index contributed by atoms with van der Waals surface area (Å²) in [6, 6.07) is 9.28. The van der Waals surface area contributed by atoms with Crippen molar-refractivity contribution in [3.8, 4) is 17.2 Å². The highest BCUT2D eigenvalue weighted by molar-refractivity contribution is 6.36. The van der Waals surface area contributed by atoms with Crippen LogP contribution in [0, 0.1) is 0 Å². The molecule has 0 aliphatic heterocycles. The Morgan fingerprint density at radius 1 is 1.03 bits per heavy atom. The van der Waals surface area contributed by atoms with Gasteiger partial charge in [0.05, 0.1) is 14.2 Å². The molecule has 0 heterocycles. The fourth-order valence-electron chi connectivity index (χ4n) is 2.85. The molecule has 31 heavy (non-hydrogen) atoms. The van der Waals surface area contributed by atoms with Gasteiger partial charge >= 0.3 is 0 Å². The predicted octanol–water partition coefficient (Wildman–Crippen LogP) is 3.94. The van der Waals surface area contributed by atoms with Gasteiger partial charge in [0.2, 0.25) is 5.91 Å². The van der Waals surface area contributed by atoms with E-state index in [1.807, 2.05) is 0 Å². The third-order valence-corrected chi connectivity index (χ3v) is 5.30. The molecule has 2 aromatic rings. The first kappa shape index (κ1) is 24.6. The number of hydrogen-bond donors (Lipinski definition) is 1. The summed E-state index contributed by atoms with van der Waals surface area (Å²) in [7, 11) is 3.04. The number of nitrogens with one attached hydrogen (secondary N) is 1. The summed E-state index contributed by atoms with van der Waals surface area (Å²) in [5, 5.41) is 3.55. The van der Waals surface area contributed by atoms with Crippen LogP contribution in [0.5, 0.6) is 17.2 Å². The van der Waals surface area contributed by atoms with Gasteiger partial charge in [0.15, 0.2) is 6.61 Å². The number of carbonyl (C=O) groups excluding carboxylic acids is 2. The minimum Gasteiger partial charge on any atom is -0.496 e. The van der Waals surface area contributed by atoms with Crippen LogP contribution in [0.1, 0.15) is 19.4 Å². The number of benzene rings is 2. The SMILES string of the molecule is CCNC(=O)[C@H](C)N(Cc1c(Cl)cccc1Cl)C(=O)COc1cc(OC)cc(OC)c1. The molecule has 9 heteroatoms. The summed E-state index contributed by atoms with van der Waals surface area (Å²) in [5.41, 5.74) is 0.554. The van der Waals surface area contributed by atoms with Crippen LogP contribution in [-0.4, -0.2) is 50.1 Å². The predicted molar refractivity (Wildman–Crippen MR) is 120 cm³/mol. The van der Waals surface area contributed by atoms with Crippen molar-refractivity contribution >= 4 is 35.0 Å². The van der Waals surface area contributed by atoms with Crippen molar-refractivity contribution in [2.75, 3.05) is 27.4 Å². The Bertz CT molecular complexity index is 880. The molecule has 2 aromatic carbocycles. The number of carbonyl (C=O) groups is 2. The molecule has 0 spiro atoms. The van der Waals surface area contributed by atoms with E-state index in [1.165, 1.54) is 19.1 Å². The molecule has 0 radical (unpaired) electrons. The van der Waals surface area contributed by atoms with Gasteiger partial charge in [0, 0.05) is 46.9 Å². The number of amides is 2. The molecule has 168 valence electrons. The van der Waals surface area contributed by atoms with Crippen molar-refractivity contribution in [3.05, 3.63) is 52.0 Å². The first-order chi connectivity index (χ1) is 14.8. The Kier molecular flexibility index (Phi) is 9.27. The summed E-state index contributed by atoms with van der Waals surface area (Å²) >= 11 is 12.6. The van der Waals surface area contributed by atoms with Crippen LogP contribution in [0.2, 0.25) is 10.0 Å². The van der Waals surface area contributed by atoms with Crippen molar-refractivity contribution in [2.45, 2.75) is 26.4 Å². The van der Waals surface area contributed by atoms with Crippen LogP contribution in [0.4, 0.5) is 0 Å². The van der Waals surface area contributed by atoms with Crippen LogP contribution in [0.3, 0.4) is 0 Å². The summed E-state index contributed by atoms with van der Waals surface area (Å²) in [5.74, 6) is 0.749. The average molecular weight is 469 g/mol. The van der Waals surface area contributed by atoms with Gasteiger partial charge in [-0.1, -0.05) is 29.3 Å². The quantitative estimate of drug-likeness (QED) is 0.571. The zero-order chi connectivity index (χ0) is 23.0. The first-order valence-corrected chi connectivity index (χ1v) is 10.4. The molecule has 0 unspecified atom stereocenters. The lowest BCUT2D eigenvalue weighted by Gasteiger charge is -2.29. The molecule has 0 aliphatic carbocycles. The fourth-order valence-corrected chi connectivity index (χ4v) is 3.37. The molecule has 0 fully saturated rings. The van der Waals surface area contributed by atoms with E-state index in [2.05, 4.69) is 5.32 Å². The van der Waals surface area contributed by atoms with E-state index in [9.17, 15) is 9.59 Å². The molecular weight excluding hydrogens is 443 g/mol. The van der Waals surface area contributed by atoms with E-state index in [4.69, 9.17) is 37.4 Å². The molecule has 1 atom stereocenters. The Hall–Kier alpha value is -2.64. The van der Waals surface area contributed by atoms with Crippen LogP contribution >= 0.6 is 23.2 Å². The van der Waals surface area contributed by atoms with E-state index < -0.39 is 11.9 Å². The van der Waals surface area contributed by atoms with E-state index in [1.54, 1.807) is 50.2 Å². The number of nitrogens with zero attached hydrogens (tertiary/aromatic N) is 1. The Labute approximate surface area is 192 Å². The summed E-state index contributed by atoms with van der Waals surface area (Å²) in [6.07, 6.45) is 0. The highest BCUT2D eigenvalue weighted by Crippen LogP contribution is 2.28.